The molecule has 0 bridgehead atoms. The maximum absolute atomic E-state index is 11.8. The fourth-order valence-electron chi connectivity index (χ4n) is 0.808. The van der Waals surface area contributed by atoms with Crippen molar-refractivity contribution in [3.05, 3.63) is 30.1 Å². The highest BCUT2D eigenvalue weighted by Gasteiger charge is 1.93. The van der Waals surface area contributed by atoms with Crippen molar-refractivity contribution in [2.45, 2.75) is 6.42 Å². The lowest BCUT2D eigenvalue weighted by molar-refractivity contribution is -0.671. The molecule has 10 heavy (non-hydrogen) atoms. The van der Waals surface area contributed by atoms with Crippen LogP contribution in [0.3, 0.4) is 0 Å². The molecule has 0 unspecified atom stereocenters. The smallest absolute Gasteiger partial charge is 0.168 e. The lowest BCUT2D eigenvalue weighted by Crippen LogP contribution is -2.25. The summed E-state index contributed by atoms with van der Waals surface area (Å²) in [7, 11) is 1.94. The van der Waals surface area contributed by atoms with Gasteiger partial charge in [0.05, 0.1) is 6.67 Å². The van der Waals surface area contributed by atoms with Crippen LogP contribution in [0, 0.1) is 0 Å². The first-order valence-corrected chi connectivity index (χ1v) is 3.33. The molecule has 0 atom stereocenters. The number of pyridine rings is 1. The molecule has 0 radical (unpaired) electrons. The van der Waals surface area contributed by atoms with Gasteiger partial charge in [0.1, 0.15) is 7.05 Å². The van der Waals surface area contributed by atoms with Crippen molar-refractivity contribution in [3.63, 3.8) is 0 Å². The molecule has 0 N–H and O–H groups in total. The number of hydrogen-bond acceptors (Lipinski definition) is 0. The molecule has 0 amide bonds. The van der Waals surface area contributed by atoms with Crippen molar-refractivity contribution < 1.29 is 8.96 Å². The predicted molar refractivity (Wildman–Crippen MR) is 37.3 cm³/mol. The SMILES string of the molecule is C[n+]1ccc(CCF)cc1. The maximum atomic E-state index is 11.8. The summed E-state index contributed by atoms with van der Waals surface area (Å²) in [6.45, 7) is -0.270. The second-order valence-electron chi connectivity index (χ2n) is 2.31. The Kier molecular flexibility index (Phi) is 2.37. The van der Waals surface area contributed by atoms with Crippen LogP contribution in [-0.4, -0.2) is 6.67 Å². The summed E-state index contributed by atoms with van der Waals surface area (Å²) in [4.78, 5) is 0. The average Bonchev–Trinajstić information content (AvgIpc) is 1.95. The van der Waals surface area contributed by atoms with Crippen LogP contribution in [-0.2, 0) is 13.5 Å². The summed E-state index contributed by atoms with van der Waals surface area (Å²) < 4.78 is 13.7. The number of halogens is 1. The van der Waals surface area contributed by atoms with Gasteiger partial charge >= 0.3 is 0 Å². The molecule has 1 rings (SSSR count). The van der Waals surface area contributed by atoms with E-state index in [0.717, 1.165) is 5.56 Å². The Morgan fingerprint density at radius 2 is 2.00 bits per heavy atom. The zero-order valence-electron chi connectivity index (χ0n) is 6.05. The van der Waals surface area contributed by atoms with Crippen molar-refractivity contribution >= 4 is 0 Å². The Hall–Kier alpha value is -0.920. The average molecular weight is 140 g/mol. The van der Waals surface area contributed by atoms with Crippen molar-refractivity contribution in [2.75, 3.05) is 6.67 Å². The van der Waals surface area contributed by atoms with Crippen molar-refractivity contribution in [1.82, 2.24) is 0 Å². The van der Waals surface area contributed by atoms with Gasteiger partial charge in [0, 0.05) is 18.6 Å². The molecule has 2 heteroatoms. The fourth-order valence-corrected chi connectivity index (χ4v) is 0.808. The predicted octanol–water partition coefficient (Wildman–Crippen LogP) is 1.02. The van der Waals surface area contributed by atoms with Gasteiger partial charge in [-0.1, -0.05) is 0 Å². The topological polar surface area (TPSA) is 3.88 Å². The number of nitrogens with zero attached hydrogens (tertiary/aromatic N) is 1. The molecule has 0 aliphatic heterocycles. The van der Waals surface area contributed by atoms with E-state index in [2.05, 4.69) is 0 Å². The first kappa shape index (κ1) is 7.19. The van der Waals surface area contributed by atoms with Gasteiger partial charge in [-0.3, -0.25) is 4.39 Å². The minimum absolute atomic E-state index is 0.270. The zero-order chi connectivity index (χ0) is 7.40. The molecule has 1 aromatic heterocycles. The number of alkyl halides is 1. The molecule has 0 saturated carbocycles. The summed E-state index contributed by atoms with van der Waals surface area (Å²) >= 11 is 0. The van der Waals surface area contributed by atoms with Crippen LogP contribution >= 0.6 is 0 Å². The molecule has 0 aromatic carbocycles. The second kappa shape index (κ2) is 3.30. The van der Waals surface area contributed by atoms with Crippen LogP contribution in [0.5, 0.6) is 0 Å². The number of rotatable bonds is 2. The van der Waals surface area contributed by atoms with Crippen LogP contribution in [0.25, 0.3) is 0 Å². The number of hydrogen-bond donors (Lipinski definition) is 0. The highest BCUT2D eigenvalue weighted by Crippen LogP contribution is 1.95. The third kappa shape index (κ3) is 1.79. The van der Waals surface area contributed by atoms with Crippen molar-refractivity contribution in [1.29, 1.82) is 0 Å². The number of aromatic nitrogens is 1. The van der Waals surface area contributed by atoms with Crippen LogP contribution in [0.15, 0.2) is 24.5 Å². The first-order valence-electron chi connectivity index (χ1n) is 3.33. The number of aryl methyl sites for hydroxylation is 2. The minimum Gasteiger partial charge on any atom is -0.251 e. The quantitative estimate of drug-likeness (QED) is 0.540. The zero-order valence-corrected chi connectivity index (χ0v) is 6.05. The van der Waals surface area contributed by atoms with Gasteiger partial charge in [-0.25, -0.2) is 4.57 Å². The van der Waals surface area contributed by atoms with Crippen LogP contribution in [0.4, 0.5) is 4.39 Å². The van der Waals surface area contributed by atoms with E-state index >= 15 is 0 Å². The summed E-state index contributed by atoms with van der Waals surface area (Å²) in [5.41, 5.74) is 1.06. The monoisotopic (exact) mass is 140 g/mol. The van der Waals surface area contributed by atoms with E-state index < -0.39 is 0 Å². The van der Waals surface area contributed by atoms with E-state index in [4.69, 9.17) is 0 Å². The molecule has 1 heterocycles. The largest absolute Gasteiger partial charge is 0.251 e. The van der Waals surface area contributed by atoms with Gasteiger partial charge in [-0.2, -0.15) is 0 Å². The Morgan fingerprint density at radius 3 is 2.50 bits per heavy atom. The third-order valence-corrected chi connectivity index (χ3v) is 1.43. The summed E-state index contributed by atoms with van der Waals surface area (Å²) in [6, 6.07) is 3.86. The molecule has 1 nitrogen and oxygen atoms in total. The van der Waals surface area contributed by atoms with E-state index in [1.54, 1.807) is 0 Å². The van der Waals surface area contributed by atoms with E-state index in [1.807, 2.05) is 36.1 Å². The normalized spacial score (nSPS) is 9.80. The molecule has 54 valence electrons. The summed E-state index contributed by atoms with van der Waals surface area (Å²) in [6.07, 6.45) is 4.37. The van der Waals surface area contributed by atoms with Crippen molar-refractivity contribution in [3.8, 4) is 0 Å². The van der Waals surface area contributed by atoms with Gasteiger partial charge < -0.3 is 0 Å². The highest BCUT2D eigenvalue weighted by molar-refractivity contribution is 5.06. The minimum atomic E-state index is -0.270. The summed E-state index contributed by atoms with van der Waals surface area (Å²) in [5, 5.41) is 0. The van der Waals surface area contributed by atoms with Gasteiger partial charge in [0.25, 0.3) is 0 Å². The van der Waals surface area contributed by atoms with E-state index in [1.165, 1.54) is 0 Å². The summed E-state index contributed by atoms with van der Waals surface area (Å²) in [5.74, 6) is 0. The standard InChI is InChI=1S/C8H11FN/c1-10-6-3-8(2-5-9)4-7-10/h3-4,6-7H,2,5H2,1H3/q+1. The van der Waals surface area contributed by atoms with Crippen LogP contribution < -0.4 is 4.57 Å². The van der Waals surface area contributed by atoms with E-state index in [0.29, 0.717) is 6.42 Å². The van der Waals surface area contributed by atoms with Gasteiger partial charge in [-0.15, -0.1) is 0 Å². The maximum Gasteiger partial charge on any atom is 0.168 e. The van der Waals surface area contributed by atoms with E-state index in [-0.39, 0.29) is 6.67 Å². The molecule has 0 aliphatic carbocycles. The highest BCUT2D eigenvalue weighted by atomic mass is 19.1. The van der Waals surface area contributed by atoms with Crippen LogP contribution in [0.1, 0.15) is 5.56 Å². The molecule has 1 aromatic rings. The Balaban J connectivity index is 2.69. The molecule has 0 spiro atoms. The molecule has 0 saturated heterocycles. The Morgan fingerprint density at radius 1 is 1.40 bits per heavy atom. The second-order valence-corrected chi connectivity index (χ2v) is 2.31. The molecular weight excluding hydrogens is 129 g/mol. The van der Waals surface area contributed by atoms with Crippen molar-refractivity contribution in [2.24, 2.45) is 7.05 Å². The lowest BCUT2D eigenvalue weighted by atomic mass is 10.2. The van der Waals surface area contributed by atoms with Gasteiger partial charge in [-0.05, 0) is 5.56 Å². The molecular formula is C8H11FN+. The first-order chi connectivity index (χ1) is 4.83. The van der Waals surface area contributed by atoms with Gasteiger partial charge in [0.15, 0.2) is 12.4 Å². The van der Waals surface area contributed by atoms with Crippen LogP contribution in [0.2, 0.25) is 0 Å². The van der Waals surface area contributed by atoms with E-state index in [9.17, 15) is 4.39 Å². The lowest BCUT2D eigenvalue weighted by Gasteiger charge is -1.92. The Bertz CT molecular complexity index is 193. The van der Waals surface area contributed by atoms with Gasteiger partial charge in [0.2, 0.25) is 0 Å². The molecule has 0 fully saturated rings. The Labute approximate surface area is 60.1 Å². The fraction of sp³-hybridized carbons (Fsp3) is 0.375. The third-order valence-electron chi connectivity index (χ3n) is 1.43. The molecule has 0 aliphatic rings.